The smallest absolute Gasteiger partial charge is 0.258 e. The topological polar surface area (TPSA) is 71.8 Å². The van der Waals surface area contributed by atoms with Crippen molar-refractivity contribution in [3.63, 3.8) is 0 Å². The average Bonchev–Trinajstić information content (AvgIpc) is 2.82. The van der Waals surface area contributed by atoms with Crippen LogP contribution < -0.4 is 10.6 Å². The highest BCUT2D eigenvalue weighted by Crippen LogP contribution is 2.32. The zero-order valence-electron chi connectivity index (χ0n) is 16.5. The summed E-state index contributed by atoms with van der Waals surface area (Å²) < 4.78 is 2.09. The first-order valence-corrected chi connectivity index (χ1v) is 10.0. The van der Waals surface area contributed by atoms with Gasteiger partial charge >= 0.3 is 0 Å². The molecule has 8 heteroatoms. The fraction of sp³-hybridized carbons (Fsp3) is 0.381. The van der Waals surface area contributed by atoms with Gasteiger partial charge in [-0.25, -0.2) is 4.98 Å². The molecule has 0 radical (unpaired) electrons. The Labute approximate surface area is 181 Å². The van der Waals surface area contributed by atoms with Gasteiger partial charge in [0, 0.05) is 29.5 Å². The van der Waals surface area contributed by atoms with Gasteiger partial charge in [0.1, 0.15) is 0 Å². The number of aryl methyl sites for hydroxylation is 2. The molecule has 1 aromatic carbocycles. The van der Waals surface area contributed by atoms with Gasteiger partial charge in [-0.15, -0.1) is 12.4 Å². The third-order valence-corrected chi connectivity index (χ3v) is 5.42. The van der Waals surface area contributed by atoms with Gasteiger partial charge in [-0.2, -0.15) is 0 Å². The molecule has 6 nitrogen and oxygen atoms in total. The van der Waals surface area contributed by atoms with Crippen LogP contribution in [0.15, 0.2) is 30.3 Å². The minimum absolute atomic E-state index is 0. The molecule has 1 saturated heterocycles. The van der Waals surface area contributed by atoms with Crippen LogP contribution in [0.2, 0.25) is 5.02 Å². The lowest BCUT2D eigenvalue weighted by Crippen LogP contribution is -2.25. The summed E-state index contributed by atoms with van der Waals surface area (Å²) in [7, 11) is 0. The molecule has 29 heavy (non-hydrogen) atoms. The Morgan fingerprint density at radius 1 is 1.21 bits per heavy atom. The van der Waals surface area contributed by atoms with E-state index in [-0.39, 0.29) is 24.4 Å². The Morgan fingerprint density at radius 3 is 2.72 bits per heavy atom. The predicted octanol–water partition coefficient (Wildman–Crippen LogP) is 4.69. The first-order valence-electron chi connectivity index (χ1n) is 9.67. The number of para-hydroxylation sites is 1. The van der Waals surface area contributed by atoms with E-state index in [0.717, 1.165) is 54.8 Å². The van der Waals surface area contributed by atoms with Crippen molar-refractivity contribution in [2.75, 3.05) is 18.4 Å². The molecular formula is C21H25Cl2N5O. The van der Waals surface area contributed by atoms with Crippen molar-refractivity contribution < 1.29 is 4.79 Å². The molecule has 3 heterocycles. The number of benzene rings is 1. The molecule has 2 N–H and O–H groups in total. The predicted molar refractivity (Wildman–Crippen MR) is 119 cm³/mol. The SMILES string of the molecule is Cc1cc(C(=O)Nc2nc3cccc(Cl)c3n2[C@@H]2CCCCNC2)cc(C)n1.Cl. The molecule has 0 unspecified atom stereocenters. The molecule has 3 aromatic rings. The van der Waals surface area contributed by atoms with Crippen LogP contribution in [0.1, 0.15) is 47.1 Å². The van der Waals surface area contributed by atoms with Crippen molar-refractivity contribution in [1.82, 2.24) is 19.9 Å². The lowest BCUT2D eigenvalue weighted by Gasteiger charge is -2.20. The highest BCUT2D eigenvalue weighted by molar-refractivity contribution is 6.35. The first kappa shape index (κ1) is 21.6. The second kappa shape index (κ2) is 9.11. The van der Waals surface area contributed by atoms with Crippen LogP contribution >= 0.6 is 24.0 Å². The standard InChI is InChI=1S/C21H24ClN5O.ClH/c1-13-10-15(11-14(2)24-13)20(28)26-21-25-18-8-5-7-17(22)19(18)27(21)16-6-3-4-9-23-12-16;/h5,7-8,10-11,16,23H,3-4,6,9,12H2,1-2H3,(H,25,26,28);1H/t16-;/m1./s1. The van der Waals surface area contributed by atoms with Crippen LogP contribution in [-0.4, -0.2) is 33.5 Å². The normalized spacial score (nSPS) is 16.9. The molecule has 1 aliphatic heterocycles. The number of halogens is 2. The van der Waals surface area contributed by atoms with Gasteiger partial charge < -0.3 is 9.88 Å². The van der Waals surface area contributed by atoms with Gasteiger partial charge in [0.15, 0.2) is 0 Å². The van der Waals surface area contributed by atoms with E-state index in [9.17, 15) is 4.79 Å². The fourth-order valence-electron chi connectivity index (χ4n) is 3.91. The fourth-order valence-corrected chi connectivity index (χ4v) is 4.17. The molecular weight excluding hydrogens is 409 g/mol. The third kappa shape index (κ3) is 4.55. The average molecular weight is 434 g/mol. The van der Waals surface area contributed by atoms with E-state index in [4.69, 9.17) is 16.6 Å². The van der Waals surface area contributed by atoms with Gasteiger partial charge in [-0.3, -0.25) is 15.1 Å². The quantitative estimate of drug-likeness (QED) is 0.628. The van der Waals surface area contributed by atoms with Crippen LogP contribution in [0.4, 0.5) is 5.95 Å². The Hall–Kier alpha value is -2.15. The number of aromatic nitrogens is 3. The minimum Gasteiger partial charge on any atom is -0.315 e. The molecule has 4 rings (SSSR count). The van der Waals surface area contributed by atoms with Crippen LogP contribution in [0.3, 0.4) is 0 Å². The number of anilines is 1. The Kier molecular flexibility index (Phi) is 6.77. The van der Waals surface area contributed by atoms with Gasteiger partial charge in [-0.05, 0) is 57.5 Å². The number of carbonyl (C=O) groups excluding carboxylic acids is 1. The lowest BCUT2D eigenvalue weighted by atomic mass is 10.1. The van der Waals surface area contributed by atoms with Crippen LogP contribution in [0, 0.1) is 13.8 Å². The Bertz CT molecular complexity index is 1010. The van der Waals surface area contributed by atoms with Gasteiger partial charge in [0.2, 0.25) is 5.95 Å². The summed E-state index contributed by atoms with van der Waals surface area (Å²) in [5.74, 6) is 0.344. The highest BCUT2D eigenvalue weighted by atomic mass is 35.5. The van der Waals surface area contributed by atoms with Crippen molar-refractivity contribution in [2.24, 2.45) is 0 Å². The maximum absolute atomic E-state index is 12.9. The molecule has 1 aliphatic rings. The first-order chi connectivity index (χ1) is 13.5. The maximum atomic E-state index is 12.9. The van der Waals surface area contributed by atoms with Crippen LogP contribution in [0.25, 0.3) is 11.0 Å². The van der Waals surface area contributed by atoms with Gasteiger partial charge in [0.05, 0.1) is 16.1 Å². The molecule has 1 atom stereocenters. The van der Waals surface area contributed by atoms with E-state index in [0.29, 0.717) is 16.5 Å². The molecule has 0 bridgehead atoms. The number of nitrogens with one attached hydrogen (secondary N) is 2. The second-order valence-electron chi connectivity index (χ2n) is 7.36. The molecule has 0 spiro atoms. The van der Waals surface area contributed by atoms with Crippen molar-refractivity contribution in [3.8, 4) is 0 Å². The van der Waals surface area contributed by atoms with Crippen LogP contribution in [-0.2, 0) is 0 Å². The largest absolute Gasteiger partial charge is 0.315 e. The second-order valence-corrected chi connectivity index (χ2v) is 7.77. The number of imidazole rings is 1. The summed E-state index contributed by atoms with van der Waals surface area (Å²) >= 11 is 6.53. The van der Waals surface area contributed by atoms with Gasteiger partial charge in [-0.1, -0.05) is 24.1 Å². The number of fused-ring (bicyclic) bond motifs is 1. The zero-order chi connectivity index (χ0) is 19.7. The molecule has 0 saturated carbocycles. The van der Waals surface area contributed by atoms with Crippen molar-refractivity contribution in [3.05, 3.63) is 52.3 Å². The number of pyridine rings is 1. The molecule has 2 aromatic heterocycles. The third-order valence-electron chi connectivity index (χ3n) is 5.12. The van der Waals surface area contributed by atoms with E-state index in [1.54, 1.807) is 12.1 Å². The summed E-state index contributed by atoms with van der Waals surface area (Å²) in [5.41, 5.74) is 3.86. The van der Waals surface area contributed by atoms with Gasteiger partial charge in [0.25, 0.3) is 5.91 Å². The zero-order valence-corrected chi connectivity index (χ0v) is 18.1. The summed E-state index contributed by atoms with van der Waals surface area (Å²) in [6, 6.07) is 9.44. The van der Waals surface area contributed by atoms with E-state index >= 15 is 0 Å². The monoisotopic (exact) mass is 433 g/mol. The van der Waals surface area contributed by atoms with E-state index < -0.39 is 0 Å². The summed E-state index contributed by atoms with van der Waals surface area (Å²) in [6.07, 6.45) is 3.28. The number of amides is 1. The summed E-state index contributed by atoms with van der Waals surface area (Å²) in [6.45, 7) is 5.60. The number of carbonyl (C=O) groups is 1. The Balaban J connectivity index is 0.00000240. The molecule has 1 fully saturated rings. The number of hydrogen-bond acceptors (Lipinski definition) is 4. The maximum Gasteiger partial charge on any atom is 0.258 e. The van der Waals surface area contributed by atoms with E-state index in [1.807, 2.05) is 32.0 Å². The number of rotatable bonds is 3. The molecule has 1 amide bonds. The van der Waals surface area contributed by atoms with E-state index in [2.05, 4.69) is 20.2 Å². The lowest BCUT2D eigenvalue weighted by molar-refractivity contribution is 0.102. The van der Waals surface area contributed by atoms with Crippen LogP contribution in [0.5, 0.6) is 0 Å². The molecule has 0 aliphatic carbocycles. The van der Waals surface area contributed by atoms with E-state index in [1.165, 1.54) is 0 Å². The highest BCUT2D eigenvalue weighted by Gasteiger charge is 2.23. The van der Waals surface area contributed by atoms with Crippen molar-refractivity contribution in [2.45, 2.75) is 39.2 Å². The van der Waals surface area contributed by atoms with Crippen molar-refractivity contribution >= 4 is 46.9 Å². The number of nitrogens with zero attached hydrogens (tertiary/aromatic N) is 3. The Morgan fingerprint density at radius 2 is 1.97 bits per heavy atom. The minimum atomic E-state index is -0.192. The number of hydrogen-bond donors (Lipinski definition) is 2. The summed E-state index contributed by atoms with van der Waals surface area (Å²) in [4.78, 5) is 22.0. The molecule has 154 valence electrons. The van der Waals surface area contributed by atoms with Crippen molar-refractivity contribution in [1.29, 1.82) is 0 Å². The summed E-state index contributed by atoms with van der Waals surface area (Å²) in [5, 5.41) is 7.14.